The highest BCUT2D eigenvalue weighted by molar-refractivity contribution is 6.67. The van der Waals surface area contributed by atoms with Crippen molar-refractivity contribution in [2.75, 3.05) is 0 Å². The lowest BCUT2D eigenvalue weighted by Crippen LogP contribution is -2.26. The van der Waals surface area contributed by atoms with E-state index in [0.29, 0.717) is 17.7 Å². The molecule has 2 aromatic rings. The lowest BCUT2D eigenvalue weighted by molar-refractivity contribution is -0.137. The van der Waals surface area contributed by atoms with Crippen LogP contribution in [0.15, 0.2) is 48.5 Å². The maximum Gasteiger partial charge on any atom is 0.319 e. The van der Waals surface area contributed by atoms with E-state index < -0.39 is 5.24 Å². The van der Waals surface area contributed by atoms with Gasteiger partial charge in [0.25, 0.3) is 5.24 Å². The van der Waals surface area contributed by atoms with E-state index in [1.165, 1.54) is 0 Å². The van der Waals surface area contributed by atoms with Gasteiger partial charge in [-0.15, -0.1) is 0 Å². The van der Waals surface area contributed by atoms with Crippen LogP contribution in [0.25, 0.3) is 0 Å². The zero-order valence-corrected chi connectivity index (χ0v) is 11.3. The molecule has 1 unspecified atom stereocenters. The molecule has 0 saturated heterocycles. The number of rotatable bonds is 2. The number of halogens is 1. The monoisotopic (exact) mass is 286 g/mol. The Labute approximate surface area is 121 Å². The van der Waals surface area contributed by atoms with E-state index in [2.05, 4.69) is 0 Å². The molecule has 0 N–H and O–H groups in total. The van der Waals surface area contributed by atoms with Gasteiger partial charge < -0.3 is 4.74 Å². The summed E-state index contributed by atoms with van der Waals surface area (Å²) >= 11 is 5.48. The highest BCUT2D eigenvalue weighted by Gasteiger charge is 2.30. The molecule has 1 atom stereocenters. The van der Waals surface area contributed by atoms with Gasteiger partial charge in [0.05, 0.1) is 5.92 Å². The first-order valence-corrected chi connectivity index (χ1v) is 6.62. The summed E-state index contributed by atoms with van der Waals surface area (Å²) in [7, 11) is 0. The largest absolute Gasteiger partial charge is 0.426 e. The van der Waals surface area contributed by atoms with Crippen LogP contribution in [0.3, 0.4) is 0 Å². The zero-order chi connectivity index (χ0) is 14.1. The fourth-order valence-electron chi connectivity index (χ4n) is 2.38. The van der Waals surface area contributed by atoms with Crippen LogP contribution in [-0.4, -0.2) is 11.2 Å². The summed E-state index contributed by atoms with van der Waals surface area (Å²) in [6.07, 6.45) is 0.510. The van der Waals surface area contributed by atoms with Gasteiger partial charge in [-0.3, -0.25) is 9.59 Å². The third kappa shape index (κ3) is 2.32. The Hall–Kier alpha value is -2.13. The van der Waals surface area contributed by atoms with Gasteiger partial charge in [-0.25, -0.2) is 0 Å². The second-order valence-electron chi connectivity index (χ2n) is 4.68. The molecular weight excluding hydrogens is 276 g/mol. The summed E-state index contributed by atoms with van der Waals surface area (Å²) in [4.78, 5) is 23.3. The van der Waals surface area contributed by atoms with Gasteiger partial charge in [0.1, 0.15) is 5.75 Å². The third-order valence-electron chi connectivity index (χ3n) is 3.41. The highest BCUT2D eigenvalue weighted by Crippen LogP contribution is 2.34. The van der Waals surface area contributed by atoms with Gasteiger partial charge in [0.15, 0.2) is 0 Å². The van der Waals surface area contributed by atoms with Gasteiger partial charge in [-0.2, -0.15) is 0 Å². The van der Waals surface area contributed by atoms with Crippen LogP contribution >= 0.6 is 11.6 Å². The fourth-order valence-corrected chi connectivity index (χ4v) is 2.50. The van der Waals surface area contributed by atoms with Crippen LogP contribution in [0.5, 0.6) is 5.75 Å². The van der Waals surface area contributed by atoms with Gasteiger partial charge in [0.2, 0.25) is 0 Å². The molecule has 20 heavy (non-hydrogen) atoms. The molecule has 0 spiro atoms. The van der Waals surface area contributed by atoms with E-state index in [0.717, 1.165) is 11.1 Å². The van der Waals surface area contributed by atoms with Crippen molar-refractivity contribution in [2.45, 2.75) is 12.3 Å². The summed E-state index contributed by atoms with van der Waals surface area (Å²) in [6, 6.07) is 14.3. The Morgan fingerprint density at radius 1 is 1.15 bits per heavy atom. The maximum absolute atomic E-state index is 12.1. The molecule has 0 bridgehead atoms. The fraction of sp³-hybridized carbons (Fsp3) is 0.125. The molecule has 3 nitrogen and oxygen atoms in total. The van der Waals surface area contributed by atoms with Gasteiger partial charge in [-0.05, 0) is 47.3 Å². The second-order valence-corrected chi connectivity index (χ2v) is 5.03. The number of benzene rings is 2. The topological polar surface area (TPSA) is 43.4 Å². The van der Waals surface area contributed by atoms with E-state index in [-0.39, 0.29) is 11.9 Å². The molecule has 4 heteroatoms. The minimum atomic E-state index is -0.513. The van der Waals surface area contributed by atoms with Crippen molar-refractivity contribution in [3.05, 3.63) is 65.2 Å². The van der Waals surface area contributed by atoms with E-state index >= 15 is 0 Å². The predicted octanol–water partition coefficient (Wildman–Crippen LogP) is 3.31. The summed E-state index contributed by atoms with van der Waals surface area (Å²) in [5, 5.41) is -0.513. The molecule has 3 rings (SSSR count). The summed E-state index contributed by atoms with van der Waals surface area (Å²) in [5.41, 5.74) is 2.14. The number of esters is 1. The Morgan fingerprint density at radius 3 is 2.60 bits per heavy atom. The van der Waals surface area contributed by atoms with Crippen molar-refractivity contribution in [3.63, 3.8) is 0 Å². The summed E-state index contributed by atoms with van der Waals surface area (Å²) in [5.74, 6) is -0.109. The van der Waals surface area contributed by atoms with Gasteiger partial charge in [0, 0.05) is 5.56 Å². The van der Waals surface area contributed by atoms with Crippen molar-refractivity contribution < 1.29 is 14.3 Å². The normalized spacial score (nSPS) is 17.2. The Bertz CT molecular complexity index is 679. The van der Waals surface area contributed by atoms with Crippen molar-refractivity contribution in [1.82, 2.24) is 0 Å². The zero-order valence-electron chi connectivity index (χ0n) is 10.5. The molecule has 1 aliphatic rings. The Morgan fingerprint density at radius 2 is 1.90 bits per heavy atom. The molecule has 2 aromatic carbocycles. The first-order chi connectivity index (χ1) is 9.65. The molecule has 0 saturated carbocycles. The van der Waals surface area contributed by atoms with E-state index in [1.807, 2.05) is 30.3 Å². The molecule has 0 fully saturated rings. The van der Waals surface area contributed by atoms with Crippen molar-refractivity contribution in [2.24, 2.45) is 0 Å². The van der Waals surface area contributed by atoms with E-state index in [4.69, 9.17) is 16.3 Å². The van der Waals surface area contributed by atoms with E-state index in [9.17, 15) is 9.59 Å². The highest BCUT2D eigenvalue weighted by atomic mass is 35.5. The predicted molar refractivity (Wildman–Crippen MR) is 75.1 cm³/mol. The molecule has 0 aromatic heterocycles. The second kappa shape index (κ2) is 5.10. The lowest BCUT2D eigenvalue weighted by Gasteiger charge is -2.23. The average Bonchev–Trinajstić information content (AvgIpc) is 2.47. The molecule has 0 amide bonds. The first-order valence-electron chi connectivity index (χ1n) is 6.24. The Kier molecular flexibility index (Phi) is 3.28. The standard InChI is InChI=1S/C16H11ClO3/c17-15(18)11-6-7-14-12(8-11)9-13(16(19)20-14)10-4-2-1-3-5-10/h1-8,13H,9H2. The number of carbonyl (C=O) groups is 2. The summed E-state index contributed by atoms with van der Waals surface area (Å²) in [6.45, 7) is 0. The van der Waals surface area contributed by atoms with Crippen molar-refractivity contribution >= 4 is 22.8 Å². The Balaban J connectivity index is 1.98. The van der Waals surface area contributed by atoms with Crippen molar-refractivity contribution in [3.8, 4) is 5.75 Å². The van der Waals surface area contributed by atoms with Crippen LogP contribution in [0.1, 0.15) is 27.4 Å². The smallest absolute Gasteiger partial charge is 0.319 e. The molecule has 0 radical (unpaired) electrons. The number of fused-ring (bicyclic) bond motifs is 1. The van der Waals surface area contributed by atoms with Gasteiger partial charge in [-0.1, -0.05) is 30.3 Å². The minimum Gasteiger partial charge on any atom is -0.426 e. The van der Waals surface area contributed by atoms with Gasteiger partial charge >= 0.3 is 5.97 Å². The molecule has 0 aliphatic carbocycles. The molecular formula is C16H11ClO3. The van der Waals surface area contributed by atoms with Crippen LogP contribution in [0, 0.1) is 0 Å². The molecule has 100 valence electrons. The third-order valence-corrected chi connectivity index (χ3v) is 3.63. The average molecular weight is 287 g/mol. The van der Waals surface area contributed by atoms with Crippen LogP contribution in [0.2, 0.25) is 0 Å². The van der Waals surface area contributed by atoms with E-state index in [1.54, 1.807) is 18.2 Å². The number of hydrogen-bond donors (Lipinski definition) is 0. The maximum atomic E-state index is 12.1. The van der Waals surface area contributed by atoms with Crippen molar-refractivity contribution in [1.29, 1.82) is 0 Å². The molecule has 1 heterocycles. The first kappa shape index (κ1) is 12.9. The SMILES string of the molecule is O=C(Cl)c1ccc2c(c1)CC(c1ccccc1)C(=O)O2. The lowest BCUT2D eigenvalue weighted by atomic mass is 9.89. The minimum absolute atomic E-state index is 0.270. The van der Waals surface area contributed by atoms with Crippen LogP contribution in [0.4, 0.5) is 0 Å². The number of carbonyl (C=O) groups excluding carboxylic acids is 2. The number of ether oxygens (including phenoxy) is 1. The number of hydrogen-bond acceptors (Lipinski definition) is 3. The van der Waals surface area contributed by atoms with Crippen LogP contribution < -0.4 is 4.74 Å². The molecule has 1 aliphatic heterocycles. The van der Waals surface area contributed by atoms with Crippen LogP contribution in [-0.2, 0) is 11.2 Å². The quantitative estimate of drug-likeness (QED) is 0.483. The summed E-state index contributed by atoms with van der Waals surface area (Å²) < 4.78 is 5.34.